The number of hydrogen-bond donors (Lipinski definition) is 1. The lowest BCUT2D eigenvalue weighted by atomic mass is 10.1. The lowest BCUT2D eigenvalue weighted by Crippen LogP contribution is -2.15. The fourth-order valence-corrected chi connectivity index (χ4v) is 2.59. The topological polar surface area (TPSA) is 59.8 Å². The molecule has 9 heteroatoms. The zero-order valence-corrected chi connectivity index (χ0v) is 13.3. The molecule has 1 N–H and O–H groups in total. The maximum Gasteiger partial charge on any atom is 0.451 e. The van der Waals surface area contributed by atoms with Crippen LogP contribution in [-0.4, -0.2) is 26.4 Å². The van der Waals surface area contributed by atoms with Gasteiger partial charge in [-0.3, -0.25) is 4.79 Å². The van der Waals surface area contributed by atoms with Crippen LogP contribution in [0.1, 0.15) is 18.3 Å². The molecule has 1 aromatic heterocycles. The van der Waals surface area contributed by atoms with E-state index in [1.54, 1.807) is 6.07 Å². The number of rotatable bonds is 5. The molecule has 124 valence electrons. The van der Waals surface area contributed by atoms with Gasteiger partial charge in [0, 0.05) is 12.7 Å². The number of anilines is 1. The number of carbonyl (C=O) groups is 1. The number of carbonyl (C=O) groups excluding carboxylic acids is 1. The Morgan fingerprint density at radius 3 is 2.70 bits per heavy atom. The second-order valence-corrected chi connectivity index (χ2v) is 5.70. The zero-order valence-electron chi connectivity index (χ0n) is 12.5. The molecule has 1 amide bonds. The van der Waals surface area contributed by atoms with Crippen molar-refractivity contribution in [3.8, 4) is 0 Å². The van der Waals surface area contributed by atoms with Gasteiger partial charge in [0.25, 0.3) is 0 Å². The summed E-state index contributed by atoms with van der Waals surface area (Å²) in [6.45, 7) is 2.00. The standard InChI is InChI=1S/C14H15F3N4OS/c1-3-9-5-4-6-10(7-9)18-11(22)8-23-13-20-19-12(21(13)2)14(15,16)17/h4-7H,3,8H2,1-2H3,(H,18,22). The van der Waals surface area contributed by atoms with Crippen LogP contribution >= 0.6 is 11.8 Å². The molecule has 0 unspecified atom stereocenters. The normalized spacial score (nSPS) is 11.5. The van der Waals surface area contributed by atoms with E-state index in [0.717, 1.165) is 28.3 Å². The van der Waals surface area contributed by atoms with Gasteiger partial charge < -0.3 is 9.88 Å². The Hall–Kier alpha value is -2.03. The Bertz CT molecular complexity index is 700. The van der Waals surface area contributed by atoms with Crippen LogP contribution in [-0.2, 0) is 24.4 Å². The van der Waals surface area contributed by atoms with Crippen LogP contribution in [0.25, 0.3) is 0 Å². The lowest BCUT2D eigenvalue weighted by molar-refractivity contribution is -0.147. The molecule has 0 bridgehead atoms. The van der Waals surface area contributed by atoms with Crippen LogP contribution < -0.4 is 5.32 Å². The summed E-state index contributed by atoms with van der Waals surface area (Å²) in [5, 5.41) is 9.31. The fraction of sp³-hybridized carbons (Fsp3) is 0.357. The summed E-state index contributed by atoms with van der Waals surface area (Å²) in [4.78, 5) is 11.9. The molecule has 0 saturated heterocycles. The number of thioether (sulfide) groups is 1. The summed E-state index contributed by atoms with van der Waals surface area (Å²) in [7, 11) is 1.22. The Morgan fingerprint density at radius 2 is 2.09 bits per heavy atom. The lowest BCUT2D eigenvalue weighted by Gasteiger charge is -2.07. The Labute approximate surface area is 135 Å². The monoisotopic (exact) mass is 344 g/mol. The first-order valence-corrected chi connectivity index (χ1v) is 7.78. The molecule has 0 saturated carbocycles. The van der Waals surface area contributed by atoms with Crippen LogP contribution in [0, 0.1) is 0 Å². The summed E-state index contributed by atoms with van der Waals surface area (Å²) in [6.07, 6.45) is -3.72. The summed E-state index contributed by atoms with van der Waals surface area (Å²) < 4.78 is 38.7. The van der Waals surface area contributed by atoms with Gasteiger partial charge in [0.2, 0.25) is 11.7 Å². The van der Waals surface area contributed by atoms with Crippen LogP contribution in [0.2, 0.25) is 0 Å². The third-order valence-corrected chi connectivity index (χ3v) is 4.06. The second kappa shape index (κ2) is 7.03. The maximum atomic E-state index is 12.6. The van der Waals surface area contributed by atoms with Crippen molar-refractivity contribution in [1.82, 2.24) is 14.8 Å². The molecule has 1 aromatic carbocycles. The predicted octanol–water partition coefficient (Wildman–Crippen LogP) is 3.13. The first-order valence-electron chi connectivity index (χ1n) is 6.79. The van der Waals surface area contributed by atoms with Crippen molar-refractivity contribution >= 4 is 23.4 Å². The van der Waals surface area contributed by atoms with Crippen molar-refractivity contribution in [2.75, 3.05) is 11.1 Å². The SMILES string of the molecule is CCc1cccc(NC(=O)CSc2nnc(C(F)(F)F)n2C)c1. The Balaban J connectivity index is 1.96. The molecule has 0 aliphatic carbocycles. The molecule has 5 nitrogen and oxygen atoms in total. The Kier molecular flexibility index (Phi) is 5.30. The van der Waals surface area contributed by atoms with E-state index in [-0.39, 0.29) is 16.8 Å². The molecule has 0 radical (unpaired) electrons. The van der Waals surface area contributed by atoms with Gasteiger partial charge in [-0.2, -0.15) is 13.2 Å². The highest BCUT2D eigenvalue weighted by Gasteiger charge is 2.37. The van der Waals surface area contributed by atoms with Gasteiger partial charge in [0.1, 0.15) is 0 Å². The largest absolute Gasteiger partial charge is 0.451 e. The summed E-state index contributed by atoms with van der Waals surface area (Å²) >= 11 is 0.899. The highest BCUT2D eigenvalue weighted by atomic mass is 32.2. The molecule has 0 aliphatic rings. The first-order chi connectivity index (χ1) is 10.8. The van der Waals surface area contributed by atoms with Crippen LogP contribution in [0.15, 0.2) is 29.4 Å². The quantitative estimate of drug-likeness (QED) is 0.847. The van der Waals surface area contributed by atoms with Crippen LogP contribution in [0.5, 0.6) is 0 Å². The van der Waals surface area contributed by atoms with E-state index in [2.05, 4.69) is 15.5 Å². The Morgan fingerprint density at radius 1 is 1.35 bits per heavy atom. The minimum absolute atomic E-state index is 0.0368. The number of hydrogen-bond acceptors (Lipinski definition) is 4. The van der Waals surface area contributed by atoms with E-state index in [9.17, 15) is 18.0 Å². The maximum absolute atomic E-state index is 12.6. The minimum Gasteiger partial charge on any atom is -0.325 e. The average molecular weight is 344 g/mol. The van der Waals surface area contributed by atoms with Crippen molar-refractivity contribution in [2.24, 2.45) is 7.05 Å². The number of aromatic nitrogens is 3. The van der Waals surface area contributed by atoms with Gasteiger partial charge in [-0.05, 0) is 24.1 Å². The minimum atomic E-state index is -4.57. The van der Waals surface area contributed by atoms with Gasteiger partial charge in [0.05, 0.1) is 5.75 Å². The second-order valence-electron chi connectivity index (χ2n) is 4.75. The van der Waals surface area contributed by atoms with Crippen molar-refractivity contribution in [2.45, 2.75) is 24.7 Å². The van der Waals surface area contributed by atoms with Crippen molar-refractivity contribution in [1.29, 1.82) is 0 Å². The molecule has 0 aliphatic heterocycles. The number of aryl methyl sites for hydroxylation is 1. The van der Waals surface area contributed by atoms with Gasteiger partial charge in [-0.15, -0.1) is 10.2 Å². The smallest absolute Gasteiger partial charge is 0.325 e. The molecule has 0 atom stereocenters. The van der Waals surface area contributed by atoms with Crippen molar-refractivity contribution in [3.05, 3.63) is 35.7 Å². The van der Waals surface area contributed by atoms with Crippen LogP contribution in [0.4, 0.5) is 18.9 Å². The van der Waals surface area contributed by atoms with E-state index in [4.69, 9.17) is 0 Å². The summed E-state index contributed by atoms with van der Waals surface area (Å²) in [5.41, 5.74) is 1.74. The molecule has 23 heavy (non-hydrogen) atoms. The van der Waals surface area contributed by atoms with Gasteiger partial charge in [-0.1, -0.05) is 30.8 Å². The number of alkyl halides is 3. The van der Waals surface area contributed by atoms with Gasteiger partial charge >= 0.3 is 6.18 Å². The summed E-state index contributed by atoms with van der Waals surface area (Å²) in [6, 6.07) is 7.39. The zero-order chi connectivity index (χ0) is 17.0. The fourth-order valence-electron chi connectivity index (χ4n) is 1.88. The molecule has 0 spiro atoms. The van der Waals surface area contributed by atoms with E-state index >= 15 is 0 Å². The summed E-state index contributed by atoms with van der Waals surface area (Å²) in [5.74, 6) is -1.46. The average Bonchev–Trinajstić information content (AvgIpc) is 2.86. The third kappa shape index (κ3) is 4.47. The highest BCUT2D eigenvalue weighted by Crippen LogP contribution is 2.29. The van der Waals surface area contributed by atoms with E-state index in [1.165, 1.54) is 7.05 Å². The molecule has 2 rings (SSSR count). The van der Waals surface area contributed by atoms with Gasteiger partial charge in [0.15, 0.2) is 5.16 Å². The van der Waals surface area contributed by atoms with Crippen molar-refractivity contribution in [3.63, 3.8) is 0 Å². The number of benzene rings is 1. The predicted molar refractivity (Wildman–Crippen MR) is 81.2 cm³/mol. The van der Waals surface area contributed by atoms with Crippen LogP contribution in [0.3, 0.4) is 0 Å². The van der Waals surface area contributed by atoms with E-state index < -0.39 is 12.0 Å². The molecule has 0 fully saturated rings. The van der Waals surface area contributed by atoms with Gasteiger partial charge in [-0.25, -0.2) is 0 Å². The number of nitrogens with zero attached hydrogens (tertiary/aromatic N) is 3. The first kappa shape index (κ1) is 17.3. The van der Waals surface area contributed by atoms with Crippen molar-refractivity contribution < 1.29 is 18.0 Å². The molecular weight excluding hydrogens is 329 g/mol. The number of halogens is 3. The number of amides is 1. The van der Waals surface area contributed by atoms with E-state index in [1.807, 2.05) is 25.1 Å². The molecule has 2 aromatic rings. The molecule has 1 heterocycles. The molecular formula is C14H15F3N4OS. The third-order valence-electron chi connectivity index (χ3n) is 3.04. The van der Waals surface area contributed by atoms with E-state index in [0.29, 0.717) is 5.69 Å². The highest BCUT2D eigenvalue weighted by molar-refractivity contribution is 7.99. The number of nitrogens with one attached hydrogen (secondary N) is 1.